The van der Waals surface area contributed by atoms with Crippen LogP contribution >= 0.6 is 15.9 Å². The van der Waals surface area contributed by atoms with Crippen molar-refractivity contribution < 1.29 is 29.0 Å². The summed E-state index contributed by atoms with van der Waals surface area (Å²) in [5.41, 5.74) is -0.206. The highest BCUT2D eigenvalue weighted by Gasteiger charge is 2.76. The largest absolute Gasteiger partial charge is 0.395 e. The molecule has 0 radical (unpaired) electrons. The van der Waals surface area contributed by atoms with Crippen LogP contribution in [-0.4, -0.2) is 131 Å². The number of carbonyl (C=O) groups excluding carboxylic acids is 3. The third kappa shape index (κ3) is 5.69. The van der Waals surface area contributed by atoms with Crippen LogP contribution in [0, 0.1) is 11.8 Å². The van der Waals surface area contributed by atoms with E-state index in [0.717, 1.165) is 18.7 Å². The molecule has 3 unspecified atom stereocenters. The van der Waals surface area contributed by atoms with Gasteiger partial charge in [-0.2, -0.15) is 0 Å². The number of alkyl halides is 1. The second kappa shape index (κ2) is 13.4. The van der Waals surface area contributed by atoms with E-state index in [4.69, 9.17) is 9.47 Å². The first-order valence-corrected chi connectivity index (χ1v) is 15.6. The third-order valence-electron chi connectivity index (χ3n) is 8.98. The average Bonchev–Trinajstić information content (AvgIpc) is 3.59. The van der Waals surface area contributed by atoms with Crippen LogP contribution in [0.15, 0.2) is 55.6 Å². The zero-order valence-corrected chi connectivity index (χ0v) is 25.6. The molecule has 1 aromatic carbocycles. The van der Waals surface area contributed by atoms with Crippen molar-refractivity contribution in [3.63, 3.8) is 0 Å². The molecule has 1 spiro atoms. The molecule has 3 amide bonds. The fourth-order valence-electron chi connectivity index (χ4n) is 7.15. The van der Waals surface area contributed by atoms with E-state index in [1.807, 2.05) is 30.3 Å². The van der Waals surface area contributed by atoms with E-state index in [9.17, 15) is 19.5 Å². The number of nitrogens with zero attached hydrogens (tertiary/aromatic N) is 4. The van der Waals surface area contributed by atoms with Gasteiger partial charge in [-0.3, -0.25) is 19.3 Å². The number of hydrogen-bond acceptors (Lipinski definition) is 7. The number of ether oxygens (including phenoxy) is 2. The summed E-state index contributed by atoms with van der Waals surface area (Å²) in [7, 11) is 0. The number of hydrogen-bond donors (Lipinski definition) is 1. The number of likely N-dealkylation sites (tertiary alicyclic amines) is 1. The Morgan fingerprint density at radius 1 is 1.07 bits per heavy atom. The molecule has 0 saturated carbocycles. The summed E-state index contributed by atoms with van der Waals surface area (Å²) < 4.78 is 12.1. The predicted octanol–water partition coefficient (Wildman–Crippen LogP) is 1.29. The molecule has 0 aromatic heterocycles. The van der Waals surface area contributed by atoms with Gasteiger partial charge in [-0.05, 0) is 12.0 Å². The maximum Gasteiger partial charge on any atom is 0.248 e. The van der Waals surface area contributed by atoms with Gasteiger partial charge in [0.15, 0.2) is 0 Å². The summed E-state index contributed by atoms with van der Waals surface area (Å²) in [4.78, 5) is 49.7. The molecule has 4 aliphatic heterocycles. The van der Waals surface area contributed by atoms with Gasteiger partial charge in [0.2, 0.25) is 17.7 Å². The first-order valence-electron chi connectivity index (χ1n) is 14.7. The van der Waals surface area contributed by atoms with Gasteiger partial charge >= 0.3 is 0 Å². The van der Waals surface area contributed by atoms with Gasteiger partial charge < -0.3 is 29.3 Å². The Labute approximate surface area is 256 Å². The van der Waals surface area contributed by atoms with E-state index < -0.39 is 29.6 Å². The highest BCUT2D eigenvalue weighted by molar-refractivity contribution is 9.09. The number of carbonyl (C=O) groups is 3. The van der Waals surface area contributed by atoms with Crippen molar-refractivity contribution in [3.05, 3.63) is 61.2 Å². The first kappa shape index (κ1) is 30.9. The Morgan fingerprint density at radius 2 is 1.76 bits per heavy atom. The van der Waals surface area contributed by atoms with Crippen LogP contribution in [0.2, 0.25) is 0 Å². The van der Waals surface area contributed by atoms with Gasteiger partial charge in [0, 0.05) is 57.2 Å². The molecular weight excluding hydrogens is 604 g/mol. The lowest BCUT2D eigenvalue weighted by Gasteiger charge is -2.38. The Kier molecular flexibility index (Phi) is 9.84. The van der Waals surface area contributed by atoms with E-state index in [1.165, 1.54) is 4.90 Å². The zero-order chi connectivity index (χ0) is 29.9. The van der Waals surface area contributed by atoms with Crippen molar-refractivity contribution in [2.24, 2.45) is 11.8 Å². The molecule has 228 valence electrons. The lowest BCUT2D eigenvalue weighted by Crippen LogP contribution is -2.58. The number of morpholine rings is 1. The van der Waals surface area contributed by atoms with Crippen LogP contribution in [0.25, 0.3) is 0 Å². The second-order valence-electron chi connectivity index (χ2n) is 11.4. The maximum absolute atomic E-state index is 14.4. The number of halogens is 1. The lowest BCUT2D eigenvalue weighted by molar-refractivity contribution is -0.149. The number of amides is 3. The standard InChI is InChI=1S/C31H41BrN4O6/c1-3-10-34(13-12-33-15-18-41-19-16-33)30(40)27-31-20-23(32)26(42-31)24(25(31)29(39)36(27)14-17-37)28(38)35(11-4-2)21-22-8-6-5-7-9-22/h3-9,23-27,37H,1-2,10-21H2/t23?,24-,25+,26-,27?,31?/m1/s1. The highest BCUT2D eigenvalue weighted by atomic mass is 79.9. The molecule has 0 aliphatic carbocycles. The van der Waals surface area contributed by atoms with Crippen molar-refractivity contribution in [2.45, 2.75) is 35.5 Å². The highest BCUT2D eigenvalue weighted by Crippen LogP contribution is 2.60. The fraction of sp³-hybridized carbons (Fsp3) is 0.581. The Bertz CT molecular complexity index is 1160. The molecule has 42 heavy (non-hydrogen) atoms. The van der Waals surface area contributed by atoms with Crippen LogP contribution in [0.1, 0.15) is 12.0 Å². The molecule has 4 aliphatic rings. The zero-order valence-electron chi connectivity index (χ0n) is 24.0. The van der Waals surface area contributed by atoms with Gasteiger partial charge in [-0.25, -0.2) is 0 Å². The quantitative estimate of drug-likeness (QED) is 0.255. The molecule has 1 N–H and O–H groups in total. The molecule has 5 rings (SSSR count). The molecule has 11 heteroatoms. The summed E-state index contributed by atoms with van der Waals surface area (Å²) in [6, 6.07) is 8.74. The van der Waals surface area contributed by atoms with E-state index >= 15 is 0 Å². The predicted molar refractivity (Wildman–Crippen MR) is 161 cm³/mol. The van der Waals surface area contributed by atoms with E-state index in [2.05, 4.69) is 34.0 Å². The minimum absolute atomic E-state index is 0.0127. The van der Waals surface area contributed by atoms with E-state index in [1.54, 1.807) is 22.0 Å². The van der Waals surface area contributed by atoms with Gasteiger partial charge in [-0.1, -0.05) is 58.4 Å². The van der Waals surface area contributed by atoms with Gasteiger partial charge in [0.1, 0.15) is 11.6 Å². The Morgan fingerprint density at radius 3 is 2.43 bits per heavy atom. The molecular formula is C31H41BrN4O6. The monoisotopic (exact) mass is 644 g/mol. The first-order chi connectivity index (χ1) is 20.4. The Balaban J connectivity index is 1.44. The van der Waals surface area contributed by atoms with Crippen molar-refractivity contribution in [1.82, 2.24) is 19.6 Å². The molecule has 6 atom stereocenters. The molecule has 4 fully saturated rings. The smallest absolute Gasteiger partial charge is 0.248 e. The van der Waals surface area contributed by atoms with Crippen LogP contribution in [0.5, 0.6) is 0 Å². The fourth-order valence-corrected chi connectivity index (χ4v) is 8.09. The third-order valence-corrected chi connectivity index (χ3v) is 9.82. The number of rotatable bonds is 13. The van der Waals surface area contributed by atoms with Gasteiger partial charge in [-0.15, -0.1) is 13.2 Å². The minimum Gasteiger partial charge on any atom is -0.395 e. The number of aliphatic hydroxyl groups is 1. The SMILES string of the molecule is C=CCN(CCN1CCOCC1)C(=O)C1N(CCO)C(=O)[C@@H]2[C@@H](C(=O)N(CC=C)Cc3ccccc3)[C@@H]3OC12CC3Br. The molecule has 10 nitrogen and oxygen atoms in total. The van der Waals surface area contributed by atoms with Crippen LogP contribution in [-0.2, 0) is 30.4 Å². The maximum atomic E-state index is 14.4. The van der Waals surface area contributed by atoms with Crippen molar-refractivity contribution >= 4 is 33.7 Å². The summed E-state index contributed by atoms with van der Waals surface area (Å²) in [6.07, 6.45) is 3.23. The topological polar surface area (TPSA) is 103 Å². The van der Waals surface area contributed by atoms with Crippen LogP contribution < -0.4 is 0 Å². The molecule has 4 saturated heterocycles. The van der Waals surface area contributed by atoms with Crippen molar-refractivity contribution in [3.8, 4) is 0 Å². The van der Waals surface area contributed by atoms with Crippen molar-refractivity contribution in [1.29, 1.82) is 0 Å². The number of β-amino-alcohol motifs (C(OH)–C–C–N with tert-alkyl or cyclic N) is 1. The minimum atomic E-state index is -1.17. The molecule has 2 bridgehead atoms. The van der Waals surface area contributed by atoms with E-state index in [0.29, 0.717) is 52.4 Å². The van der Waals surface area contributed by atoms with Crippen LogP contribution in [0.3, 0.4) is 0 Å². The van der Waals surface area contributed by atoms with Gasteiger partial charge in [0.25, 0.3) is 0 Å². The summed E-state index contributed by atoms with van der Waals surface area (Å²) in [5.74, 6) is -2.34. The lowest BCUT2D eigenvalue weighted by atomic mass is 9.70. The van der Waals surface area contributed by atoms with Gasteiger partial charge in [0.05, 0.1) is 37.8 Å². The average molecular weight is 646 g/mol. The summed E-state index contributed by atoms with van der Waals surface area (Å²) in [6.45, 7) is 12.4. The number of fused-ring (bicyclic) bond motifs is 1. The van der Waals surface area contributed by atoms with Crippen molar-refractivity contribution in [2.75, 3.05) is 65.6 Å². The molecule has 4 heterocycles. The summed E-state index contributed by atoms with van der Waals surface area (Å²) >= 11 is 3.74. The summed E-state index contributed by atoms with van der Waals surface area (Å²) in [5, 5.41) is 9.95. The second-order valence-corrected chi connectivity index (χ2v) is 12.6. The number of aliphatic hydroxyl groups excluding tert-OH is 1. The number of benzene rings is 1. The van der Waals surface area contributed by atoms with Crippen LogP contribution in [0.4, 0.5) is 0 Å². The Hall–Kier alpha value is -2.57. The van der Waals surface area contributed by atoms with E-state index in [-0.39, 0.29) is 35.7 Å². The normalized spacial score (nSPS) is 30.3. The molecule has 1 aromatic rings.